The van der Waals surface area contributed by atoms with Gasteiger partial charge in [-0.1, -0.05) is 32.9 Å². The molecule has 0 spiro atoms. The number of rotatable bonds is 3. The van der Waals surface area contributed by atoms with Gasteiger partial charge in [0.25, 0.3) is 0 Å². The van der Waals surface area contributed by atoms with Crippen LogP contribution >= 0.6 is 0 Å². The quantitative estimate of drug-likeness (QED) is 0.884. The lowest BCUT2D eigenvalue weighted by molar-refractivity contribution is -0.142. The first-order valence-electron chi connectivity index (χ1n) is 8.71. The Morgan fingerprint density at radius 3 is 2.08 bits per heavy atom. The third-order valence-corrected chi connectivity index (χ3v) is 4.54. The van der Waals surface area contributed by atoms with E-state index in [0.29, 0.717) is 31.5 Å². The van der Waals surface area contributed by atoms with E-state index < -0.39 is 17.2 Å². The van der Waals surface area contributed by atoms with Gasteiger partial charge < -0.3 is 10.2 Å². The molecule has 1 saturated heterocycles. The maximum absolute atomic E-state index is 12.5. The normalized spacial score (nSPS) is 16.5. The van der Waals surface area contributed by atoms with E-state index in [1.54, 1.807) is 4.90 Å². The number of piperidine rings is 1. The average Bonchev–Trinajstić information content (AvgIpc) is 2.58. The van der Waals surface area contributed by atoms with Gasteiger partial charge in [-0.25, -0.2) is 0 Å². The van der Waals surface area contributed by atoms with Crippen molar-refractivity contribution in [1.82, 2.24) is 10.2 Å². The second-order valence-corrected chi connectivity index (χ2v) is 7.73. The molecule has 1 aliphatic rings. The fraction of sp³-hybridized carbons (Fsp3) is 0.579. The summed E-state index contributed by atoms with van der Waals surface area (Å²) in [7, 11) is 0. The molecular weight excluding hydrogens is 345 g/mol. The summed E-state index contributed by atoms with van der Waals surface area (Å²) in [5, 5.41) is 2.78. The Morgan fingerprint density at radius 2 is 1.62 bits per heavy atom. The molecule has 0 aromatic heterocycles. The number of amides is 2. The lowest BCUT2D eigenvalue weighted by atomic mass is 9.90. The van der Waals surface area contributed by atoms with Crippen LogP contribution in [0.5, 0.6) is 0 Å². The third-order valence-electron chi connectivity index (χ3n) is 4.54. The number of carbonyl (C=O) groups excluding carboxylic acids is 2. The standard InChI is InChI=1S/C19H25F3N2O2/c1-18(2,3)17(26)24-10-8-14(9-11-24)16(25)23-12-13-4-6-15(7-5-13)19(20,21)22/h4-7,14H,8-12H2,1-3H3,(H,23,25). The predicted molar refractivity (Wildman–Crippen MR) is 92.0 cm³/mol. The summed E-state index contributed by atoms with van der Waals surface area (Å²) in [5.74, 6) is -0.206. The number of nitrogens with zero attached hydrogens (tertiary/aromatic N) is 1. The summed E-state index contributed by atoms with van der Waals surface area (Å²) >= 11 is 0. The van der Waals surface area contributed by atoms with Crippen LogP contribution in [0.1, 0.15) is 44.7 Å². The smallest absolute Gasteiger partial charge is 0.352 e. The number of halogens is 3. The van der Waals surface area contributed by atoms with Crippen LogP contribution in [-0.2, 0) is 22.3 Å². The van der Waals surface area contributed by atoms with Crippen LogP contribution in [0.2, 0.25) is 0 Å². The van der Waals surface area contributed by atoms with Gasteiger partial charge >= 0.3 is 6.18 Å². The van der Waals surface area contributed by atoms with E-state index in [-0.39, 0.29) is 24.3 Å². The predicted octanol–water partition coefficient (Wildman–Crippen LogP) is 3.61. The van der Waals surface area contributed by atoms with E-state index in [1.807, 2.05) is 20.8 Å². The molecule has 0 atom stereocenters. The van der Waals surface area contributed by atoms with Crippen molar-refractivity contribution in [3.05, 3.63) is 35.4 Å². The zero-order valence-corrected chi connectivity index (χ0v) is 15.3. The minimum absolute atomic E-state index is 0.0844. The van der Waals surface area contributed by atoms with Gasteiger partial charge in [-0.3, -0.25) is 9.59 Å². The Kier molecular flexibility index (Phi) is 5.98. The third kappa shape index (κ3) is 5.22. The Balaban J connectivity index is 1.82. The number of hydrogen-bond donors (Lipinski definition) is 1. The molecular formula is C19H25F3N2O2. The monoisotopic (exact) mass is 370 g/mol. The minimum Gasteiger partial charge on any atom is -0.352 e. The number of carbonyl (C=O) groups is 2. The van der Waals surface area contributed by atoms with Crippen LogP contribution in [0.4, 0.5) is 13.2 Å². The molecule has 0 bridgehead atoms. The van der Waals surface area contributed by atoms with Crippen LogP contribution in [-0.4, -0.2) is 29.8 Å². The molecule has 2 rings (SSSR count). The Labute approximate surface area is 151 Å². The highest BCUT2D eigenvalue weighted by atomic mass is 19.4. The van der Waals surface area contributed by atoms with Gasteiger partial charge in [0.1, 0.15) is 0 Å². The summed E-state index contributed by atoms with van der Waals surface area (Å²) in [6.45, 7) is 6.91. The van der Waals surface area contributed by atoms with Crippen molar-refractivity contribution in [2.24, 2.45) is 11.3 Å². The highest BCUT2D eigenvalue weighted by Gasteiger charge is 2.32. The van der Waals surface area contributed by atoms with Crippen molar-refractivity contribution in [1.29, 1.82) is 0 Å². The zero-order chi connectivity index (χ0) is 19.5. The molecule has 1 aliphatic heterocycles. The van der Waals surface area contributed by atoms with Crippen LogP contribution in [0.15, 0.2) is 24.3 Å². The molecule has 144 valence electrons. The summed E-state index contributed by atoms with van der Waals surface area (Å²) in [4.78, 5) is 26.3. The van der Waals surface area contributed by atoms with Gasteiger partial charge in [0.05, 0.1) is 5.56 Å². The SMILES string of the molecule is CC(C)(C)C(=O)N1CCC(C(=O)NCc2ccc(C(F)(F)F)cc2)CC1. The fourth-order valence-electron chi connectivity index (χ4n) is 2.96. The van der Waals surface area contributed by atoms with Crippen molar-refractivity contribution < 1.29 is 22.8 Å². The first-order valence-corrected chi connectivity index (χ1v) is 8.71. The van der Waals surface area contributed by atoms with Crippen molar-refractivity contribution >= 4 is 11.8 Å². The summed E-state index contributed by atoms with van der Waals surface area (Å²) in [6.07, 6.45) is -3.17. The molecule has 4 nitrogen and oxygen atoms in total. The molecule has 0 saturated carbocycles. The summed E-state index contributed by atoms with van der Waals surface area (Å²) < 4.78 is 37.6. The number of likely N-dealkylation sites (tertiary alicyclic amines) is 1. The second-order valence-electron chi connectivity index (χ2n) is 7.73. The molecule has 0 unspecified atom stereocenters. The lowest BCUT2D eigenvalue weighted by Crippen LogP contribution is -2.46. The molecule has 0 aliphatic carbocycles. The first kappa shape index (κ1) is 20.3. The van der Waals surface area contributed by atoms with Crippen LogP contribution in [0, 0.1) is 11.3 Å². The van der Waals surface area contributed by atoms with Crippen molar-refractivity contribution in [2.75, 3.05) is 13.1 Å². The van der Waals surface area contributed by atoms with Gasteiger partial charge in [0, 0.05) is 31.0 Å². The van der Waals surface area contributed by atoms with Crippen molar-refractivity contribution in [2.45, 2.75) is 46.3 Å². The van der Waals surface area contributed by atoms with Gasteiger partial charge in [-0.15, -0.1) is 0 Å². The van der Waals surface area contributed by atoms with Gasteiger partial charge in [-0.05, 0) is 30.5 Å². The number of alkyl halides is 3. The molecule has 1 fully saturated rings. The highest BCUT2D eigenvalue weighted by Crippen LogP contribution is 2.29. The van der Waals surface area contributed by atoms with E-state index in [2.05, 4.69) is 5.32 Å². The molecule has 1 heterocycles. The molecule has 26 heavy (non-hydrogen) atoms. The number of benzene rings is 1. The lowest BCUT2D eigenvalue weighted by Gasteiger charge is -2.35. The maximum atomic E-state index is 12.5. The minimum atomic E-state index is -4.36. The van der Waals surface area contributed by atoms with E-state index >= 15 is 0 Å². The molecule has 1 aromatic rings. The molecule has 7 heteroatoms. The Bertz CT molecular complexity index is 640. The largest absolute Gasteiger partial charge is 0.416 e. The summed E-state index contributed by atoms with van der Waals surface area (Å²) in [5.41, 5.74) is -0.521. The zero-order valence-electron chi connectivity index (χ0n) is 15.3. The van der Waals surface area contributed by atoms with E-state index in [1.165, 1.54) is 12.1 Å². The van der Waals surface area contributed by atoms with Crippen LogP contribution < -0.4 is 5.32 Å². The molecule has 2 amide bonds. The summed E-state index contributed by atoms with van der Waals surface area (Å²) in [6, 6.07) is 4.76. The fourth-order valence-corrected chi connectivity index (χ4v) is 2.96. The maximum Gasteiger partial charge on any atom is 0.416 e. The second kappa shape index (κ2) is 7.68. The van der Waals surface area contributed by atoms with Gasteiger partial charge in [-0.2, -0.15) is 13.2 Å². The Hall–Kier alpha value is -2.05. The van der Waals surface area contributed by atoms with Crippen molar-refractivity contribution in [3.8, 4) is 0 Å². The van der Waals surface area contributed by atoms with E-state index in [9.17, 15) is 22.8 Å². The van der Waals surface area contributed by atoms with E-state index in [0.717, 1.165) is 12.1 Å². The number of hydrogen-bond acceptors (Lipinski definition) is 2. The average molecular weight is 370 g/mol. The Morgan fingerprint density at radius 1 is 1.08 bits per heavy atom. The van der Waals surface area contributed by atoms with Gasteiger partial charge in [0.2, 0.25) is 11.8 Å². The number of nitrogens with one attached hydrogen (secondary N) is 1. The van der Waals surface area contributed by atoms with Crippen LogP contribution in [0.25, 0.3) is 0 Å². The molecule has 1 N–H and O–H groups in total. The van der Waals surface area contributed by atoms with Crippen molar-refractivity contribution in [3.63, 3.8) is 0 Å². The van der Waals surface area contributed by atoms with E-state index in [4.69, 9.17) is 0 Å². The molecule has 0 radical (unpaired) electrons. The first-order chi connectivity index (χ1) is 12.0. The van der Waals surface area contributed by atoms with Gasteiger partial charge in [0.15, 0.2) is 0 Å². The highest BCUT2D eigenvalue weighted by molar-refractivity contribution is 5.82. The molecule has 1 aromatic carbocycles. The van der Waals surface area contributed by atoms with Crippen LogP contribution in [0.3, 0.4) is 0 Å². The topological polar surface area (TPSA) is 49.4 Å².